The van der Waals surface area contributed by atoms with Gasteiger partial charge >= 0.3 is 0 Å². The van der Waals surface area contributed by atoms with Crippen LogP contribution in [0.25, 0.3) is 10.2 Å². The molecular weight excluding hydrogens is 378 g/mol. The lowest BCUT2D eigenvalue weighted by molar-refractivity contribution is 0.342. The van der Waals surface area contributed by atoms with Crippen LogP contribution in [0.5, 0.6) is 5.75 Å². The Kier molecular flexibility index (Phi) is 4.90. The van der Waals surface area contributed by atoms with Gasteiger partial charge in [0.25, 0.3) is 0 Å². The van der Waals surface area contributed by atoms with E-state index in [1.54, 1.807) is 0 Å². The molecule has 0 unspecified atom stereocenters. The average molecular weight is 402 g/mol. The van der Waals surface area contributed by atoms with Gasteiger partial charge in [0.1, 0.15) is 22.2 Å². The molecule has 2 aromatic heterocycles. The summed E-state index contributed by atoms with van der Waals surface area (Å²) < 4.78 is 5.82. The molecule has 1 aliphatic carbocycles. The van der Waals surface area contributed by atoms with E-state index in [9.17, 15) is 0 Å². The molecule has 0 aliphatic heterocycles. The van der Waals surface area contributed by atoms with Crippen molar-refractivity contribution in [2.45, 2.75) is 32.6 Å². The first-order chi connectivity index (χ1) is 14.3. The smallest absolute Gasteiger partial charge is 0.143 e. The summed E-state index contributed by atoms with van der Waals surface area (Å²) in [6.07, 6.45) is 4.21. The predicted molar refractivity (Wildman–Crippen MR) is 120 cm³/mol. The molecule has 29 heavy (non-hydrogen) atoms. The van der Waals surface area contributed by atoms with Gasteiger partial charge in [-0.3, -0.25) is 0 Å². The van der Waals surface area contributed by atoms with E-state index in [0.29, 0.717) is 6.61 Å². The first kappa shape index (κ1) is 18.1. The zero-order chi connectivity index (χ0) is 19.6. The highest BCUT2D eigenvalue weighted by molar-refractivity contribution is 7.19. The number of aryl methyl sites for hydroxylation is 2. The number of nitrogens with zero attached hydrogens (tertiary/aromatic N) is 2. The Balaban J connectivity index is 1.60. The van der Waals surface area contributed by atoms with Crippen molar-refractivity contribution in [1.82, 2.24) is 9.97 Å². The topological polar surface area (TPSA) is 47.0 Å². The van der Waals surface area contributed by atoms with Crippen LogP contribution in [0.3, 0.4) is 0 Å². The molecule has 1 aliphatic rings. The zero-order valence-corrected chi connectivity index (χ0v) is 17.3. The third kappa shape index (κ3) is 3.58. The van der Waals surface area contributed by atoms with Gasteiger partial charge in [-0.2, -0.15) is 0 Å². The van der Waals surface area contributed by atoms with Crippen LogP contribution in [-0.4, -0.2) is 16.6 Å². The Morgan fingerprint density at radius 3 is 2.69 bits per heavy atom. The fourth-order valence-electron chi connectivity index (χ4n) is 3.97. The van der Waals surface area contributed by atoms with Gasteiger partial charge in [0.15, 0.2) is 0 Å². The lowest BCUT2D eigenvalue weighted by Gasteiger charge is -2.14. The monoisotopic (exact) mass is 401 g/mol. The van der Waals surface area contributed by atoms with Crippen molar-refractivity contribution in [3.8, 4) is 5.75 Å². The number of hydrogen-bond donors (Lipinski definition) is 1. The van der Waals surface area contributed by atoms with Gasteiger partial charge in [-0.1, -0.05) is 42.5 Å². The van der Waals surface area contributed by atoms with Gasteiger partial charge in [0, 0.05) is 11.3 Å². The number of anilines is 2. The lowest BCUT2D eigenvalue weighted by Crippen LogP contribution is -2.04. The molecule has 0 bridgehead atoms. The van der Waals surface area contributed by atoms with Crippen LogP contribution in [0.1, 0.15) is 35.2 Å². The molecule has 0 spiro atoms. The highest BCUT2D eigenvalue weighted by Crippen LogP contribution is 2.41. The quantitative estimate of drug-likeness (QED) is 0.436. The third-order valence-corrected chi connectivity index (χ3v) is 6.44. The molecule has 4 nitrogen and oxygen atoms in total. The number of fused-ring (bicyclic) bond motifs is 3. The van der Waals surface area contributed by atoms with Crippen LogP contribution in [0, 0.1) is 0 Å². The Hall–Kier alpha value is -2.92. The van der Waals surface area contributed by atoms with Gasteiger partial charge in [0.05, 0.1) is 17.7 Å². The fraction of sp³-hybridized carbons (Fsp3) is 0.250. The van der Waals surface area contributed by atoms with Crippen LogP contribution in [0.15, 0.2) is 54.6 Å². The molecule has 5 rings (SSSR count). The first-order valence-electron chi connectivity index (χ1n) is 10.2. The molecule has 0 amide bonds. The second-order valence-corrected chi connectivity index (χ2v) is 8.33. The standard InChI is InChI=1S/C24H23N3OS/c1-2-28-19-13-7-6-12-18(19)25-23-22-17-11-8-14-20(17)29-24(22)27-21(26-23)15-16-9-4-3-5-10-16/h3-7,9-10,12-13H,2,8,11,14-15H2,1H3,(H,25,26,27). The molecule has 0 fully saturated rings. The Bertz CT molecular complexity index is 1150. The SMILES string of the molecule is CCOc1ccccc1Nc1nc(Cc2ccccc2)nc2sc3c(c12)CCC3. The van der Waals surface area contributed by atoms with Crippen LogP contribution in [0.2, 0.25) is 0 Å². The van der Waals surface area contributed by atoms with Crippen LogP contribution >= 0.6 is 11.3 Å². The largest absolute Gasteiger partial charge is 0.492 e. The van der Waals surface area contributed by atoms with Gasteiger partial charge in [-0.15, -0.1) is 11.3 Å². The van der Waals surface area contributed by atoms with E-state index in [1.165, 1.54) is 27.8 Å². The summed E-state index contributed by atoms with van der Waals surface area (Å²) in [5.41, 5.74) is 3.59. The maximum Gasteiger partial charge on any atom is 0.143 e. The van der Waals surface area contributed by atoms with Crippen molar-refractivity contribution in [3.63, 3.8) is 0 Å². The molecule has 0 radical (unpaired) electrons. The maximum absolute atomic E-state index is 5.82. The second-order valence-electron chi connectivity index (χ2n) is 7.24. The van der Waals surface area contributed by atoms with Gasteiger partial charge in [-0.25, -0.2) is 9.97 Å². The van der Waals surface area contributed by atoms with E-state index >= 15 is 0 Å². The third-order valence-electron chi connectivity index (χ3n) is 5.26. The lowest BCUT2D eigenvalue weighted by atomic mass is 10.1. The first-order valence-corrected chi connectivity index (χ1v) is 11.0. The maximum atomic E-state index is 5.82. The Morgan fingerprint density at radius 2 is 1.83 bits per heavy atom. The highest BCUT2D eigenvalue weighted by Gasteiger charge is 2.23. The molecular formula is C24H23N3OS. The van der Waals surface area contributed by atoms with Gasteiger partial charge in [-0.05, 0) is 49.4 Å². The second kappa shape index (κ2) is 7.84. The van der Waals surface area contributed by atoms with E-state index in [-0.39, 0.29) is 0 Å². The summed E-state index contributed by atoms with van der Waals surface area (Å²) in [5, 5.41) is 4.76. The Labute approximate surface area is 174 Å². The summed E-state index contributed by atoms with van der Waals surface area (Å²) >= 11 is 1.83. The molecule has 0 atom stereocenters. The van der Waals surface area contributed by atoms with Crippen molar-refractivity contribution in [3.05, 3.63) is 76.4 Å². The van der Waals surface area contributed by atoms with Crippen molar-refractivity contribution in [1.29, 1.82) is 0 Å². The van der Waals surface area contributed by atoms with E-state index in [2.05, 4.69) is 29.6 Å². The number of hydrogen-bond acceptors (Lipinski definition) is 5. The summed E-state index contributed by atoms with van der Waals surface area (Å²) in [5.74, 6) is 2.59. The van der Waals surface area contributed by atoms with Crippen LogP contribution in [0.4, 0.5) is 11.5 Å². The zero-order valence-electron chi connectivity index (χ0n) is 16.4. The number of benzene rings is 2. The average Bonchev–Trinajstić information content (AvgIpc) is 3.31. The van der Waals surface area contributed by atoms with E-state index in [0.717, 1.165) is 47.2 Å². The molecule has 1 N–H and O–H groups in total. The summed E-state index contributed by atoms with van der Waals surface area (Å²) in [4.78, 5) is 12.5. The van der Waals surface area contributed by atoms with Crippen LogP contribution < -0.4 is 10.1 Å². The predicted octanol–water partition coefficient (Wildman–Crippen LogP) is 5.91. The molecule has 146 valence electrons. The normalized spacial score (nSPS) is 12.9. The summed E-state index contributed by atoms with van der Waals surface area (Å²) in [7, 11) is 0. The minimum Gasteiger partial charge on any atom is -0.492 e. The molecule has 0 saturated carbocycles. The minimum absolute atomic E-state index is 0.630. The van der Waals surface area contributed by atoms with Crippen LogP contribution in [-0.2, 0) is 19.3 Å². The number of aromatic nitrogens is 2. The van der Waals surface area contributed by atoms with Crippen molar-refractivity contribution >= 4 is 33.1 Å². The fourth-order valence-corrected chi connectivity index (χ4v) is 5.25. The minimum atomic E-state index is 0.630. The summed E-state index contributed by atoms with van der Waals surface area (Å²) in [6.45, 7) is 2.63. The Morgan fingerprint density at radius 1 is 1.00 bits per heavy atom. The van der Waals surface area contributed by atoms with Crippen molar-refractivity contribution < 1.29 is 4.74 Å². The molecule has 2 heterocycles. The van der Waals surface area contributed by atoms with E-state index in [4.69, 9.17) is 14.7 Å². The summed E-state index contributed by atoms with van der Waals surface area (Å²) in [6, 6.07) is 18.5. The number of ether oxygens (including phenoxy) is 1. The van der Waals surface area contributed by atoms with Gasteiger partial charge < -0.3 is 10.1 Å². The number of thiophene rings is 1. The molecule has 4 aromatic rings. The molecule has 0 saturated heterocycles. The number of rotatable bonds is 6. The number of nitrogens with one attached hydrogen (secondary N) is 1. The molecule has 2 aromatic carbocycles. The van der Waals surface area contributed by atoms with E-state index in [1.807, 2.05) is 48.6 Å². The van der Waals surface area contributed by atoms with E-state index < -0.39 is 0 Å². The highest BCUT2D eigenvalue weighted by atomic mass is 32.1. The number of para-hydroxylation sites is 2. The van der Waals surface area contributed by atoms with Crippen molar-refractivity contribution in [2.75, 3.05) is 11.9 Å². The molecule has 5 heteroatoms. The van der Waals surface area contributed by atoms with Crippen molar-refractivity contribution in [2.24, 2.45) is 0 Å². The van der Waals surface area contributed by atoms with Gasteiger partial charge in [0.2, 0.25) is 0 Å².